The summed E-state index contributed by atoms with van der Waals surface area (Å²) >= 11 is 0. The Labute approximate surface area is 123 Å². The maximum Gasteiger partial charge on any atom is 0.0994 e. The van der Waals surface area contributed by atoms with E-state index in [1.807, 2.05) is 6.92 Å². The predicted octanol–water partition coefficient (Wildman–Crippen LogP) is 4.76. The van der Waals surface area contributed by atoms with Crippen molar-refractivity contribution in [1.29, 1.82) is 5.26 Å². The third-order valence-electron chi connectivity index (χ3n) is 4.59. The minimum Gasteiger partial charge on any atom is -0.366 e. The number of unbranched alkanes of at least 4 members (excludes halogenated alkanes) is 1. The molecule has 2 nitrogen and oxygen atoms in total. The molecule has 1 heterocycles. The van der Waals surface area contributed by atoms with Gasteiger partial charge in [0.25, 0.3) is 0 Å². The molecule has 108 valence electrons. The summed E-state index contributed by atoms with van der Waals surface area (Å²) < 4.78 is 0. The molecule has 1 aliphatic rings. The maximum atomic E-state index is 9.25. The Kier molecular flexibility index (Phi) is 4.09. The molecule has 0 radical (unpaired) electrons. The summed E-state index contributed by atoms with van der Waals surface area (Å²) in [7, 11) is 0. The van der Waals surface area contributed by atoms with Crippen molar-refractivity contribution in [2.24, 2.45) is 0 Å². The average Bonchev–Trinajstić information content (AvgIpc) is 2.37. The number of aryl methyl sites for hydroxylation is 1. The van der Waals surface area contributed by atoms with Gasteiger partial charge in [-0.25, -0.2) is 0 Å². The lowest BCUT2D eigenvalue weighted by Crippen LogP contribution is -2.48. The van der Waals surface area contributed by atoms with Gasteiger partial charge in [0.2, 0.25) is 0 Å². The van der Waals surface area contributed by atoms with E-state index >= 15 is 0 Å². The van der Waals surface area contributed by atoms with Crippen molar-refractivity contribution in [3.05, 3.63) is 28.8 Å². The number of fused-ring (bicyclic) bond motifs is 1. The first-order chi connectivity index (χ1) is 9.40. The Morgan fingerprint density at radius 3 is 2.70 bits per heavy atom. The van der Waals surface area contributed by atoms with E-state index in [4.69, 9.17) is 0 Å². The highest BCUT2D eigenvalue weighted by Gasteiger charge is 2.36. The number of hydrogen-bond donors (Lipinski definition) is 0. The molecule has 0 saturated carbocycles. The van der Waals surface area contributed by atoms with Crippen molar-refractivity contribution in [2.45, 2.75) is 65.3 Å². The molecule has 2 rings (SSSR count). The fraction of sp³-hybridized carbons (Fsp3) is 0.611. The minimum absolute atomic E-state index is 0.197. The van der Waals surface area contributed by atoms with E-state index in [-0.39, 0.29) is 5.54 Å². The van der Waals surface area contributed by atoms with Gasteiger partial charge in [0.05, 0.1) is 11.6 Å². The Bertz CT molecular complexity index is 537. The molecule has 1 aliphatic heterocycles. The van der Waals surface area contributed by atoms with Crippen LogP contribution in [0.25, 0.3) is 0 Å². The van der Waals surface area contributed by atoms with Gasteiger partial charge in [-0.2, -0.15) is 5.26 Å². The molecule has 20 heavy (non-hydrogen) atoms. The zero-order valence-corrected chi connectivity index (χ0v) is 13.5. The van der Waals surface area contributed by atoms with Crippen LogP contribution < -0.4 is 4.90 Å². The van der Waals surface area contributed by atoms with Gasteiger partial charge >= 0.3 is 0 Å². The average molecular weight is 270 g/mol. The molecule has 0 aliphatic carbocycles. The van der Waals surface area contributed by atoms with Gasteiger partial charge in [-0.15, -0.1) is 0 Å². The van der Waals surface area contributed by atoms with E-state index in [0.717, 1.165) is 24.1 Å². The van der Waals surface area contributed by atoms with E-state index in [1.165, 1.54) is 24.1 Å². The zero-order valence-electron chi connectivity index (χ0n) is 13.5. The number of nitriles is 1. The maximum absolute atomic E-state index is 9.25. The number of benzene rings is 1. The topological polar surface area (TPSA) is 27.0 Å². The van der Waals surface area contributed by atoms with Gasteiger partial charge in [0.15, 0.2) is 0 Å². The van der Waals surface area contributed by atoms with Crippen LogP contribution in [0.4, 0.5) is 5.69 Å². The highest BCUT2D eigenvalue weighted by molar-refractivity contribution is 5.64. The number of nitrogens with zero attached hydrogens (tertiary/aromatic N) is 2. The fourth-order valence-electron chi connectivity index (χ4n) is 3.49. The molecular formula is C18H26N2. The first-order valence-electron chi connectivity index (χ1n) is 7.73. The van der Waals surface area contributed by atoms with Crippen molar-refractivity contribution in [3.8, 4) is 6.07 Å². The van der Waals surface area contributed by atoms with E-state index in [0.29, 0.717) is 5.92 Å². The van der Waals surface area contributed by atoms with Gasteiger partial charge < -0.3 is 4.90 Å². The summed E-state index contributed by atoms with van der Waals surface area (Å²) in [5.41, 5.74) is 4.81. The molecule has 1 aromatic rings. The number of rotatable bonds is 3. The fourth-order valence-corrected chi connectivity index (χ4v) is 3.49. The van der Waals surface area contributed by atoms with E-state index in [9.17, 15) is 5.26 Å². The van der Waals surface area contributed by atoms with Crippen LogP contribution >= 0.6 is 0 Å². The molecule has 0 aromatic heterocycles. The molecule has 0 spiro atoms. The second kappa shape index (κ2) is 5.48. The molecule has 0 amide bonds. The zero-order chi connectivity index (χ0) is 14.9. The van der Waals surface area contributed by atoms with Crippen LogP contribution in [0.3, 0.4) is 0 Å². The SMILES string of the molecule is CCCCN1c2cc(C)c(C#N)cc2[C@H](C)CC1(C)C. The summed E-state index contributed by atoms with van der Waals surface area (Å²) in [5.74, 6) is 0.519. The molecule has 0 fully saturated rings. The van der Waals surface area contributed by atoms with E-state index < -0.39 is 0 Å². The summed E-state index contributed by atoms with van der Waals surface area (Å²) in [6, 6.07) is 6.66. The largest absolute Gasteiger partial charge is 0.366 e. The van der Waals surface area contributed by atoms with Crippen LogP contribution in [0, 0.1) is 18.3 Å². The molecule has 0 bridgehead atoms. The van der Waals surface area contributed by atoms with Crippen molar-refractivity contribution >= 4 is 5.69 Å². The minimum atomic E-state index is 0.197. The Balaban J connectivity index is 2.52. The van der Waals surface area contributed by atoms with Crippen LogP contribution in [0.15, 0.2) is 12.1 Å². The highest BCUT2D eigenvalue weighted by atomic mass is 15.2. The van der Waals surface area contributed by atoms with Crippen molar-refractivity contribution in [3.63, 3.8) is 0 Å². The predicted molar refractivity (Wildman–Crippen MR) is 85.3 cm³/mol. The van der Waals surface area contributed by atoms with Crippen LogP contribution in [0.1, 0.15) is 69.6 Å². The summed E-state index contributed by atoms with van der Waals surface area (Å²) in [6.45, 7) is 12.4. The molecule has 1 aromatic carbocycles. The first-order valence-corrected chi connectivity index (χ1v) is 7.73. The van der Waals surface area contributed by atoms with Crippen LogP contribution in [-0.4, -0.2) is 12.1 Å². The van der Waals surface area contributed by atoms with Crippen LogP contribution in [0.5, 0.6) is 0 Å². The van der Waals surface area contributed by atoms with Gasteiger partial charge in [-0.1, -0.05) is 20.3 Å². The molecule has 0 saturated heterocycles. The number of hydrogen-bond acceptors (Lipinski definition) is 2. The lowest BCUT2D eigenvalue weighted by Gasteiger charge is -2.48. The molecule has 0 unspecified atom stereocenters. The summed E-state index contributed by atoms with van der Waals surface area (Å²) in [5, 5.41) is 9.25. The second-order valence-corrected chi connectivity index (χ2v) is 6.76. The van der Waals surface area contributed by atoms with Crippen molar-refractivity contribution in [1.82, 2.24) is 0 Å². The Hall–Kier alpha value is -1.49. The second-order valence-electron chi connectivity index (χ2n) is 6.76. The molecule has 2 heteroatoms. The highest BCUT2D eigenvalue weighted by Crippen LogP contribution is 2.44. The third kappa shape index (κ3) is 2.54. The summed E-state index contributed by atoms with van der Waals surface area (Å²) in [6.07, 6.45) is 3.58. The van der Waals surface area contributed by atoms with Crippen LogP contribution in [-0.2, 0) is 0 Å². The normalized spacial score (nSPS) is 20.4. The smallest absolute Gasteiger partial charge is 0.0994 e. The third-order valence-corrected chi connectivity index (χ3v) is 4.59. The number of anilines is 1. The van der Waals surface area contributed by atoms with E-state index in [1.54, 1.807) is 0 Å². The summed E-state index contributed by atoms with van der Waals surface area (Å²) in [4.78, 5) is 2.56. The van der Waals surface area contributed by atoms with Gasteiger partial charge in [0.1, 0.15) is 0 Å². The van der Waals surface area contributed by atoms with Gasteiger partial charge in [-0.3, -0.25) is 0 Å². The monoisotopic (exact) mass is 270 g/mol. The van der Waals surface area contributed by atoms with Crippen LogP contribution in [0.2, 0.25) is 0 Å². The molecular weight excluding hydrogens is 244 g/mol. The first kappa shape index (κ1) is 14.9. The lowest BCUT2D eigenvalue weighted by molar-refractivity contribution is 0.373. The molecule has 0 N–H and O–H groups in total. The molecule has 1 atom stereocenters. The quantitative estimate of drug-likeness (QED) is 0.792. The van der Waals surface area contributed by atoms with E-state index in [2.05, 4.69) is 50.8 Å². The van der Waals surface area contributed by atoms with Gasteiger partial charge in [-0.05, 0) is 62.8 Å². The Morgan fingerprint density at radius 1 is 1.40 bits per heavy atom. The Morgan fingerprint density at radius 2 is 2.10 bits per heavy atom. The van der Waals surface area contributed by atoms with Crippen molar-refractivity contribution < 1.29 is 0 Å². The standard InChI is InChI=1S/C18H26N2/c1-6-7-8-20-17-9-13(2)15(12-19)10-16(17)14(3)11-18(20,4)5/h9-10,14H,6-8,11H2,1-5H3/t14-/m1/s1. The van der Waals surface area contributed by atoms with Crippen molar-refractivity contribution in [2.75, 3.05) is 11.4 Å². The van der Waals surface area contributed by atoms with Gasteiger partial charge in [0, 0.05) is 17.8 Å². The lowest BCUT2D eigenvalue weighted by atomic mass is 9.79.